The van der Waals surface area contributed by atoms with Gasteiger partial charge in [0.05, 0.1) is 22.9 Å². The molecule has 0 saturated heterocycles. The summed E-state index contributed by atoms with van der Waals surface area (Å²) in [6.45, 7) is 2.50. The number of hydrogen-bond donors (Lipinski definition) is 3. The standard InChI is InChI=1S/C15H17N3O2S/c1-2-20-13-6-4-3-5-12(13)18-9-11(17-16)10-7-8-21-14(10)15(18)19/h3-9,15,17,19H,2,16H2,1H3. The van der Waals surface area contributed by atoms with Gasteiger partial charge in [0, 0.05) is 11.8 Å². The molecule has 21 heavy (non-hydrogen) atoms. The summed E-state index contributed by atoms with van der Waals surface area (Å²) in [5, 5.41) is 12.6. The van der Waals surface area contributed by atoms with E-state index in [0.717, 1.165) is 27.6 Å². The Morgan fingerprint density at radius 3 is 2.95 bits per heavy atom. The number of benzene rings is 1. The number of thiophene rings is 1. The number of aliphatic hydroxyl groups is 1. The van der Waals surface area contributed by atoms with Gasteiger partial charge in [0.15, 0.2) is 6.23 Å². The SMILES string of the molecule is CCOc1ccccc1N1C=C(NN)c2ccsc2C1O. The molecule has 0 aliphatic carbocycles. The molecule has 0 radical (unpaired) electrons. The number of nitrogens with zero attached hydrogens (tertiary/aromatic N) is 1. The lowest BCUT2D eigenvalue weighted by Crippen LogP contribution is -2.32. The summed E-state index contributed by atoms with van der Waals surface area (Å²) in [6.07, 6.45) is 1.05. The largest absolute Gasteiger partial charge is 0.492 e. The van der Waals surface area contributed by atoms with Gasteiger partial charge in [-0.05, 0) is 30.5 Å². The van der Waals surface area contributed by atoms with E-state index in [9.17, 15) is 5.11 Å². The first kappa shape index (κ1) is 13.9. The Morgan fingerprint density at radius 1 is 1.38 bits per heavy atom. The van der Waals surface area contributed by atoms with Crippen molar-refractivity contribution in [2.45, 2.75) is 13.2 Å². The van der Waals surface area contributed by atoms with Crippen molar-refractivity contribution < 1.29 is 9.84 Å². The number of nitrogens with one attached hydrogen (secondary N) is 1. The molecule has 1 aromatic heterocycles. The Labute approximate surface area is 127 Å². The van der Waals surface area contributed by atoms with Crippen LogP contribution in [-0.4, -0.2) is 11.7 Å². The van der Waals surface area contributed by atoms with Crippen molar-refractivity contribution in [1.29, 1.82) is 0 Å². The van der Waals surface area contributed by atoms with Crippen LogP contribution in [0.25, 0.3) is 5.70 Å². The van der Waals surface area contributed by atoms with Crippen LogP contribution in [-0.2, 0) is 0 Å². The predicted octanol–water partition coefficient (Wildman–Crippen LogP) is 2.42. The lowest BCUT2D eigenvalue weighted by Gasteiger charge is -2.32. The van der Waals surface area contributed by atoms with E-state index < -0.39 is 6.23 Å². The number of nitrogens with two attached hydrogens (primary N) is 1. The molecule has 4 N–H and O–H groups in total. The van der Waals surface area contributed by atoms with Gasteiger partial charge in [0.25, 0.3) is 0 Å². The summed E-state index contributed by atoms with van der Waals surface area (Å²) in [6, 6.07) is 9.57. The maximum absolute atomic E-state index is 10.6. The minimum absolute atomic E-state index is 0.566. The van der Waals surface area contributed by atoms with Gasteiger partial charge in [-0.3, -0.25) is 5.84 Å². The fourth-order valence-corrected chi connectivity index (χ4v) is 3.30. The van der Waals surface area contributed by atoms with Crippen LogP contribution in [0.5, 0.6) is 5.75 Å². The molecule has 1 atom stereocenters. The first-order valence-electron chi connectivity index (χ1n) is 6.70. The average Bonchev–Trinajstić information content (AvgIpc) is 2.99. The Bertz CT molecular complexity index is 668. The van der Waals surface area contributed by atoms with Crippen LogP contribution in [0.2, 0.25) is 0 Å². The molecular formula is C15H17N3O2S. The number of para-hydroxylation sites is 2. The molecule has 6 heteroatoms. The monoisotopic (exact) mass is 303 g/mol. The molecule has 0 fully saturated rings. The molecule has 1 aliphatic rings. The number of rotatable bonds is 4. The second-order valence-corrected chi connectivity index (χ2v) is 5.52. The summed E-state index contributed by atoms with van der Waals surface area (Å²) in [5.74, 6) is 6.33. The highest BCUT2D eigenvalue weighted by atomic mass is 32.1. The molecule has 110 valence electrons. The van der Waals surface area contributed by atoms with Crippen LogP contribution < -0.4 is 20.9 Å². The van der Waals surface area contributed by atoms with Crippen LogP contribution >= 0.6 is 11.3 Å². The topological polar surface area (TPSA) is 70.8 Å². The van der Waals surface area contributed by atoms with Crippen molar-refractivity contribution in [2.24, 2.45) is 5.84 Å². The summed E-state index contributed by atoms with van der Waals surface area (Å²) in [4.78, 5) is 2.62. The summed E-state index contributed by atoms with van der Waals surface area (Å²) in [7, 11) is 0. The van der Waals surface area contributed by atoms with E-state index in [0.29, 0.717) is 6.61 Å². The first-order chi connectivity index (χ1) is 10.3. The van der Waals surface area contributed by atoms with E-state index >= 15 is 0 Å². The lowest BCUT2D eigenvalue weighted by molar-refractivity contribution is 0.184. The number of anilines is 1. The summed E-state index contributed by atoms with van der Waals surface area (Å²) < 4.78 is 5.65. The molecule has 0 spiro atoms. The molecule has 0 saturated carbocycles. The number of ether oxygens (including phenoxy) is 1. The van der Waals surface area contributed by atoms with Gasteiger partial charge in [0.1, 0.15) is 5.75 Å². The second kappa shape index (κ2) is 5.77. The average molecular weight is 303 g/mol. The van der Waals surface area contributed by atoms with Crippen molar-refractivity contribution >= 4 is 22.7 Å². The molecule has 1 unspecified atom stereocenters. The third kappa shape index (κ3) is 2.37. The van der Waals surface area contributed by atoms with Gasteiger partial charge in [-0.2, -0.15) is 0 Å². The highest BCUT2D eigenvalue weighted by Crippen LogP contribution is 2.41. The smallest absolute Gasteiger partial charge is 0.167 e. The Kier molecular flexibility index (Phi) is 3.83. The zero-order valence-electron chi connectivity index (χ0n) is 11.6. The molecule has 3 rings (SSSR count). The molecular weight excluding hydrogens is 286 g/mol. The van der Waals surface area contributed by atoms with Crippen molar-refractivity contribution in [3.63, 3.8) is 0 Å². The number of aliphatic hydroxyl groups excluding tert-OH is 1. The molecule has 0 amide bonds. The van der Waals surface area contributed by atoms with Crippen LogP contribution in [0.1, 0.15) is 23.6 Å². The number of hydrazine groups is 1. The number of fused-ring (bicyclic) bond motifs is 1. The fraction of sp³-hybridized carbons (Fsp3) is 0.200. The van der Waals surface area contributed by atoms with Crippen molar-refractivity contribution in [2.75, 3.05) is 11.5 Å². The highest BCUT2D eigenvalue weighted by molar-refractivity contribution is 7.10. The maximum Gasteiger partial charge on any atom is 0.167 e. The van der Waals surface area contributed by atoms with Gasteiger partial charge >= 0.3 is 0 Å². The quantitative estimate of drug-likeness (QED) is 0.598. The van der Waals surface area contributed by atoms with Gasteiger partial charge in [-0.1, -0.05) is 12.1 Å². The van der Waals surface area contributed by atoms with Gasteiger partial charge in [0.2, 0.25) is 0 Å². The number of hydrogen-bond acceptors (Lipinski definition) is 6. The van der Waals surface area contributed by atoms with Crippen molar-refractivity contribution in [3.8, 4) is 5.75 Å². The van der Waals surface area contributed by atoms with Gasteiger partial charge in [-0.15, -0.1) is 11.3 Å². The molecule has 5 nitrogen and oxygen atoms in total. The normalized spacial score (nSPS) is 17.2. The van der Waals surface area contributed by atoms with Crippen LogP contribution in [0.3, 0.4) is 0 Å². The third-order valence-corrected chi connectivity index (χ3v) is 4.31. The second-order valence-electron chi connectivity index (χ2n) is 4.57. The molecule has 0 bridgehead atoms. The Morgan fingerprint density at radius 2 is 2.19 bits per heavy atom. The van der Waals surface area contributed by atoms with E-state index in [1.807, 2.05) is 42.6 Å². The first-order valence-corrected chi connectivity index (χ1v) is 7.58. The lowest BCUT2D eigenvalue weighted by atomic mass is 10.1. The van der Waals surface area contributed by atoms with E-state index in [-0.39, 0.29) is 0 Å². The molecule has 2 heterocycles. The van der Waals surface area contributed by atoms with E-state index in [1.54, 1.807) is 11.1 Å². The van der Waals surface area contributed by atoms with E-state index in [4.69, 9.17) is 10.6 Å². The maximum atomic E-state index is 10.6. The van der Waals surface area contributed by atoms with Crippen molar-refractivity contribution in [1.82, 2.24) is 5.43 Å². The van der Waals surface area contributed by atoms with Crippen LogP contribution in [0.4, 0.5) is 5.69 Å². The Balaban J connectivity index is 2.07. The fourth-order valence-electron chi connectivity index (χ4n) is 2.41. The van der Waals surface area contributed by atoms with Gasteiger partial charge in [-0.25, -0.2) is 0 Å². The molecule has 2 aromatic rings. The van der Waals surface area contributed by atoms with Crippen LogP contribution in [0, 0.1) is 0 Å². The predicted molar refractivity (Wildman–Crippen MR) is 84.7 cm³/mol. The van der Waals surface area contributed by atoms with Gasteiger partial charge < -0.3 is 20.2 Å². The minimum Gasteiger partial charge on any atom is -0.492 e. The van der Waals surface area contributed by atoms with Crippen molar-refractivity contribution in [3.05, 3.63) is 52.4 Å². The van der Waals surface area contributed by atoms with E-state index in [1.165, 1.54) is 11.3 Å². The highest BCUT2D eigenvalue weighted by Gasteiger charge is 2.29. The minimum atomic E-state index is -0.751. The summed E-state index contributed by atoms with van der Waals surface area (Å²) >= 11 is 1.50. The zero-order valence-corrected chi connectivity index (χ0v) is 12.4. The molecule has 1 aromatic carbocycles. The third-order valence-electron chi connectivity index (χ3n) is 3.35. The Hall–Kier alpha value is -2.02. The van der Waals surface area contributed by atoms with Crippen LogP contribution in [0.15, 0.2) is 41.9 Å². The summed E-state index contributed by atoms with van der Waals surface area (Å²) in [5.41, 5.74) is 5.19. The molecule has 1 aliphatic heterocycles. The zero-order chi connectivity index (χ0) is 14.8. The van der Waals surface area contributed by atoms with E-state index in [2.05, 4.69) is 5.43 Å².